The lowest BCUT2D eigenvalue weighted by molar-refractivity contribution is -0.384. The number of aryl methyl sites for hydroxylation is 1. The van der Waals surface area contributed by atoms with Crippen molar-refractivity contribution in [2.24, 2.45) is 0 Å². The van der Waals surface area contributed by atoms with Crippen molar-refractivity contribution in [1.29, 1.82) is 0 Å². The minimum absolute atomic E-state index is 0.0931. The second-order valence-electron chi connectivity index (χ2n) is 6.83. The number of benzene rings is 2. The third kappa shape index (κ3) is 3.27. The first-order valence-corrected chi connectivity index (χ1v) is 9.92. The predicted octanol–water partition coefficient (Wildman–Crippen LogP) is 4.59. The molecule has 0 aliphatic carbocycles. The normalized spacial score (nSPS) is 18.0. The number of aliphatic hydroxyl groups excluding tert-OH is 1. The number of nitro groups is 1. The van der Waals surface area contributed by atoms with E-state index in [1.807, 2.05) is 18.4 Å². The summed E-state index contributed by atoms with van der Waals surface area (Å²) in [6.07, 6.45) is 0. The number of nitrogens with zero attached hydrogens (tertiary/aromatic N) is 2. The Bertz CT molecular complexity index is 1200. The molecule has 1 amide bonds. The van der Waals surface area contributed by atoms with Gasteiger partial charge in [0.25, 0.3) is 17.4 Å². The number of nitro benzene ring substituents is 1. The van der Waals surface area contributed by atoms with Gasteiger partial charge in [0.1, 0.15) is 11.8 Å². The first-order valence-electron chi connectivity index (χ1n) is 9.04. The Hall–Kier alpha value is -3.78. The summed E-state index contributed by atoms with van der Waals surface area (Å²) >= 11 is 1.35. The molecule has 8 heteroatoms. The first kappa shape index (κ1) is 19.5. The fraction of sp³-hybridized carbons (Fsp3) is 0.0909. The molecular formula is C22H16N2O5S. The van der Waals surface area contributed by atoms with Crippen LogP contribution in [0.2, 0.25) is 0 Å². The molecule has 1 fully saturated rings. The molecule has 150 valence electrons. The fourth-order valence-electron chi connectivity index (χ4n) is 3.51. The lowest BCUT2D eigenvalue weighted by Crippen LogP contribution is -2.29. The van der Waals surface area contributed by atoms with Gasteiger partial charge in [-0.25, -0.2) is 0 Å². The van der Waals surface area contributed by atoms with Gasteiger partial charge in [0.05, 0.1) is 10.5 Å². The van der Waals surface area contributed by atoms with Crippen molar-refractivity contribution in [3.05, 3.63) is 97.7 Å². The average molecular weight is 420 g/mol. The van der Waals surface area contributed by atoms with Crippen LogP contribution in [0.5, 0.6) is 0 Å². The van der Waals surface area contributed by atoms with Gasteiger partial charge in [-0.3, -0.25) is 24.6 Å². The summed E-state index contributed by atoms with van der Waals surface area (Å²) in [5.41, 5.74) is 1.24. The van der Waals surface area contributed by atoms with Gasteiger partial charge in [-0.1, -0.05) is 30.3 Å². The fourth-order valence-corrected chi connectivity index (χ4v) is 4.34. The maximum absolute atomic E-state index is 13.0. The molecule has 2 heterocycles. The van der Waals surface area contributed by atoms with E-state index in [1.165, 1.54) is 40.5 Å². The average Bonchev–Trinajstić information content (AvgIpc) is 3.35. The highest BCUT2D eigenvalue weighted by Gasteiger charge is 2.47. The molecule has 1 N–H and O–H groups in total. The molecule has 1 atom stereocenters. The quantitative estimate of drug-likeness (QED) is 0.219. The molecular weight excluding hydrogens is 404 g/mol. The van der Waals surface area contributed by atoms with Gasteiger partial charge in [-0.05, 0) is 36.1 Å². The third-order valence-corrected chi connectivity index (χ3v) is 5.79. The van der Waals surface area contributed by atoms with Crippen LogP contribution in [-0.4, -0.2) is 21.7 Å². The monoisotopic (exact) mass is 420 g/mol. The van der Waals surface area contributed by atoms with Crippen molar-refractivity contribution in [2.45, 2.75) is 13.0 Å². The van der Waals surface area contributed by atoms with Gasteiger partial charge in [0.15, 0.2) is 0 Å². The largest absolute Gasteiger partial charge is 0.507 e. The smallest absolute Gasteiger partial charge is 0.300 e. The molecule has 0 saturated carbocycles. The number of aliphatic hydroxyl groups is 1. The molecule has 0 spiro atoms. The Morgan fingerprint density at radius 1 is 1.10 bits per heavy atom. The van der Waals surface area contributed by atoms with Gasteiger partial charge in [0, 0.05) is 28.3 Å². The van der Waals surface area contributed by atoms with Crippen LogP contribution >= 0.6 is 11.3 Å². The molecule has 3 aromatic rings. The van der Waals surface area contributed by atoms with E-state index in [2.05, 4.69) is 0 Å². The maximum atomic E-state index is 13.0. The van der Waals surface area contributed by atoms with Crippen LogP contribution in [0.4, 0.5) is 11.4 Å². The topological polar surface area (TPSA) is 101 Å². The van der Waals surface area contributed by atoms with E-state index >= 15 is 0 Å². The van der Waals surface area contributed by atoms with E-state index in [-0.39, 0.29) is 16.8 Å². The number of anilines is 1. The van der Waals surface area contributed by atoms with Crippen LogP contribution < -0.4 is 4.90 Å². The number of amides is 1. The number of hydrogen-bond donors (Lipinski definition) is 1. The second kappa shape index (κ2) is 7.57. The highest BCUT2D eigenvalue weighted by atomic mass is 32.1. The van der Waals surface area contributed by atoms with Crippen LogP contribution in [0, 0.1) is 17.0 Å². The van der Waals surface area contributed by atoms with Crippen molar-refractivity contribution in [3.63, 3.8) is 0 Å². The lowest BCUT2D eigenvalue weighted by atomic mass is 9.99. The minimum Gasteiger partial charge on any atom is -0.507 e. The minimum atomic E-state index is -0.834. The van der Waals surface area contributed by atoms with Crippen LogP contribution in [0.1, 0.15) is 22.0 Å². The van der Waals surface area contributed by atoms with Crippen LogP contribution in [-0.2, 0) is 9.59 Å². The zero-order valence-corrected chi connectivity index (χ0v) is 16.6. The molecule has 1 saturated heterocycles. The Labute approximate surface area is 175 Å². The summed E-state index contributed by atoms with van der Waals surface area (Å²) in [5, 5.41) is 23.9. The SMILES string of the molecule is Cc1cccc(N2C(=O)C(=O)/C(=C(\O)c3cccc([N+](=O)[O-])c3)C2c2cccs2)c1. The zero-order valence-electron chi connectivity index (χ0n) is 15.8. The summed E-state index contributed by atoms with van der Waals surface area (Å²) in [6, 6.07) is 15.3. The second-order valence-corrected chi connectivity index (χ2v) is 7.81. The third-order valence-electron chi connectivity index (χ3n) is 4.87. The number of hydrogen-bond acceptors (Lipinski definition) is 6. The lowest BCUT2D eigenvalue weighted by Gasteiger charge is -2.24. The molecule has 1 unspecified atom stereocenters. The predicted molar refractivity (Wildman–Crippen MR) is 113 cm³/mol. The standard InChI is InChI=1S/C22H16N2O5S/c1-13-5-2-7-15(11-13)23-19(17-9-4-10-30-17)18(21(26)22(23)27)20(25)14-6-3-8-16(12-14)24(28)29/h2-12,19,25H,1H3/b20-18-. The van der Waals surface area contributed by atoms with E-state index in [0.29, 0.717) is 10.6 Å². The van der Waals surface area contributed by atoms with Crippen LogP contribution in [0.25, 0.3) is 5.76 Å². The maximum Gasteiger partial charge on any atom is 0.300 e. The highest BCUT2D eigenvalue weighted by Crippen LogP contribution is 2.43. The molecule has 0 bridgehead atoms. The van der Waals surface area contributed by atoms with E-state index in [9.17, 15) is 24.8 Å². The van der Waals surface area contributed by atoms with Gasteiger partial charge >= 0.3 is 0 Å². The van der Waals surface area contributed by atoms with E-state index in [1.54, 1.807) is 30.3 Å². The van der Waals surface area contributed by atoms with Gasteiger partial charge in [0.2, 0.25) is 0 Å². The van der Waals surface area contributed by atoms with Crippen molar-refractivity contribution < 1.29 is 19.6 Å². The molecule has 1 aliphatic heterocycles. The Morgan fingerprint density at radius 2 is 1.87 bits per heavy atom. The van der Waals surface area contributed by atoms with E-state index < -0.39 is 28.4 Å². The van der Waals surface area contributed by atoms with Crippen molar-refractivity contribution in [3.8, 4) is 0 Å². The molecule has 0 radical (unpaired) electrons. The highest BCUT2D eigenvalue weighted by molar-refractivity contribution is 7.10. The van der Waals surface area contributed by atoms with Gasteiger partial charge in [-0.15, -0.1) is 11.3 Å². The number of rotatable bonds is 4. The summed E-state index contributed by atoms with van der Waals surface area (Å²) < 4.78 is 0. The summed E-state index contributed by atoms with van der Waals surface area (Å²) in [5.74, 6) is -2.03. The number of Topliss-reactive ketones (excluding diaryl/α,β-unsaturated/α-hetero) is 1. The summed E-state index contributed by atoms with van der Waals surface area (Å²) in [4.78, 5) is 38.5. The zero-order chi connectivity index (χ0) is 21.4. The molecule has 30 heavy (non-hydrogen) atoms. The molecule has 2 aromatic carbocycles. The van der Waals surface area contributed by atoms with Crippen LogP contribution in [0.15, 0.2) is 71.6 Å². The molecule has 4 rings (SSSR count). The number of ketones is 1. The van der Waals surface area contributed by atoms with Gasteiger partial charge < -0.3 is 5.11 Å². The Balaban J connectivity index is 1.93. The first-order chi connectivity index (χ1) is 14.4. The van der Waals surface area contributed by atoms with Gasteiger partial charge in [-0.2, -0.15) is 0 Å². The number of non-ortho nitro benzene ring substituents is 1. The molecule has 1 aliphatic rings. The number of thiophene rings is 1. The summed E-state index contributed by atoms with van der Waals surface area (Å²) in [7, 11) is 0. The number of carbonyl (C=O) groups excluding carboxylic acids is 2. The molecule has 1 aromatic heterocycles. The Morgan fingerprint density at radius 3 is 2.53 bits per heavy atom. The Kier molecular flexibility index (Phi) is 4.93. The van der Waals surface area contributed by atoms with E-state index in [4.69, 9.17) is 0 Å². The van der Waals surface area contributed by atoms with Crippen molar-refractivity contribution in [2.75, 3.05) is 4.90 Å². The molecule has 7 nitrogen and oxygen atoms in total. The summed E-state index contributed by atoms with van der Waals surface area (Å²) in [6.45, 7) is 1.88. The van der Waals surface area contributed by atoms with Crippen molar-refractivity contribution in [1.82, 2.24) is 0 Å². The van der Waals surface area contributed by atoms with Crippen molar-refractivity contribution >= 4 is 40.2 Å². The van der Waals surface area contributed by atoms with Crippen LogP contribution in [0.3, 0.4) is 0 Å². The van der Waals surface area contributed by atoms with E-state index in [0.717, 1.165) is 5.56 Å². The number of carbonyl (C=O) groups is 2.